The van der Waals surface area contributed by atoms with Gasteiger partial charge in [0, 0.05) is 12.1 Å². The zero-order valence-corrected chi connectivity index (χ0v) is 11.2. The van der Waals surface area contributed by atoms with Gasteiger partial charge in [-0.25, -0.2) is 9.97 Å². The molecule has 0 saturated carbocycles. The molecular weight excluding hydrogens is 252 g/mol. The minimum absolute atomic E-state index is 0.689. The lowest BCUT2D eigenvalue weighted by Crippen LogP contribution is -2.33. The Morgan fingerprint density at radius 1 is 1.20 bits per heavy atom. The summed E-state index contributed by atoms with van der Waals surface area (Å²) in [4.78, 5) is 11.2. The van der Waals surface area contributed by atoms with E-state index in [1.165, 1.54) is 5.56 Å². The number of hydrogen-bond donors (Lipinski definition) is 1. The molecule has 102 valence electrons. The average molecular weight is 268 g/mol. The van der Waals surface area contributed by atoms with Crippen LogP contribution in [0.2, 0.25) is 0 Å². The summed E-state index contributed by atoms with van der Waals surface area (Å²) in [5.74, 6) is 1.97. The molecule has 1 aromatic carbocycles. The Hall–Kier alpha value is -2.14. The van der Waals surface area contributed by atoms with Crippen LogP contribution in [0.5, 0.6) is 5.75 Å². The maximum Gasteiger partial charge on any atom is 0.143 e. The van der Waals surface area contributed by atoms with E-state index in [-0.39, 0.29) is 0 Å². The fraction of sp³-hybridized carbons (Fsp3) is 0.333. The number of fused-ring (bicyclic) bond motifs is 2. The molecule has 0 atom stereocenters. The number of para-hydroxylation sites is 2. The van der Waals surface area contributed by atoms with Crippen LogP contribution in [0.3, 0.4) is 0 Å². The third kappa shape index (κ3) is 1.82. The fourth-order valence-electron chi connectivity index (χ4n) is 2.89. The van der Waals surface area contributed by atoms with E-state index in [0.717, 1.165) is 49.0 Å². The van der Waals surface area contributed by atoms with E-state index < -0.39 is 0 Å². The molecule has 0 radical (unpaired) electrons. The third-order valence-corrected chi connectivity index (χ3v) is 3.84. The molecule has 20 heavy (non-hydrogen) atoms. The molecule has 5 nitrogen and oxygen atoms in total. The summed E-state index contributed by atoms with van der Waals surface area (Å²) in [6, 6.07) is 8.14. The van der Waals surface area contributed by atoms with Crippen molar-refractivity contribution >= 4 is 11.5 Å². The van der Waals surface area contributed by atoms with E-state index in [9.17, 15) is 0 Å². The second kappa shape index (κ2) is 4.76. The number of nitrogens with zero attached hydrogens (tertiary/aromatic N) is 3. The van der Waals surface area contributed by atoms with Gasteiger partial charge in [0.05, 0.1) is 17.9 Å². The molecule has 0 unspecified atom stereocenters. The molecule has 1 N–H and O–H groups in total. The van der Waals surface area contributed by atoms with Crippen LogP contribution >= 0.6 is 0 Å². The van der Waals surface area contributed by atoms with Crippen molar-refractivity contribution in [1.29, 1.82) is 0 Å². The van der Waals surface area contributed by atoms with Gasteiger partial charge in [-0.05, 0) is 25.1 Å². The van der Waals surface area contributed by atoms with Gasteiger partial charge in [-0.2, -0.15) is 0 Å². The first kappa shape index (κ1) is 11.7. The molecule has 0 fully saturated rings. The molecule has 3 heterocycles. The summed E-state index contributed by atoms with van der Waals surface area (Å²) < 4.78 is 5.72. The van der Waals surface area contributed by atoms with Crippen LogP contribution in [0.15, 0.2) is 30.6 Å². The predicted octanol–water partition coefficient (Wildman–Crippen LogP) is 1.65. The van der Waals surface area contributed by atoms with Gasteiger partial charge in [0.25, 0.3) is 0 Å². The number of benzene rings is 1. The van der Waals surface area contributed by atoms with Gasteiger partial charge in [-0.15, -0.1) is 0 Å². The molecule has 0 bridgehead atoms. The van der Waals surface area contributed by atoms with Crippen molar-refractivity contribution < 1.29 is 4.74 Å². The number of anilines is 2. The SMILES string of the molecule is c1ccc2c(c1)OCCN2c1ncnc2c1CCNC2. The van der Waals surface area contributed by atoms with Gasteiger partial charge in [0.1, 0.15) is 24.5 Å². The van der Waals surface area contributed by atoms with Crippen LogP contribution in [0.25, 0.3) is 0 Å². The summed E-state index contributed by atoms with van der Waals surface area (Å²) in [6.45, 7) is 3.33. The van der Waals surface area contributed by atoms with Crippen LogP contribution in [-0.2, 0) is 13.0 Å². The largest absolute Gasteiger partial charge is 0.490 e. The van der Waals surface area contributed by atoms with Crippen molar-refractivity contribution in [2.75, 3.05) is 24.6 Å². The summed E-state index contributed by atoms with van der Waals surface area (Å²) in [6.07, 6.45) is 2.64. The smallest absolute Gasteiger partial charge is 0.143 e. The Bertz CT molecular complexity index is 644. The summed E-state index contributed by atoms with van der Waals surface area (Å²) in [7, 11) is 0. The Labute approximate surface area is 117 Å². The number of rotatable bonds is 1. The predicted molar refractivity (Wildman–Crippen MR) is 76.4 cm³/mol. The molecule has 2 aliphatic rings. The van der Waals surface area contributed by atoms with Gasteiger partial charge < -0.3 is 15.0 Å². The molecular formula is C15H16N4O. The fourth-order valence-corrected chi connectivity index (χ4v) is 2.89. The van der Waals surface area contributed by atoms with Gasteiger partial charge in [-0.1, -0.05) is 12.1 Å². The van der Waals surface area contributed by atoms with Gasteiger partial charge in [0.15, 0.2) is 0 Å². The summed E-state index contributed by atoms with van der Waals surface area (Å²) >= 11 is 0. The molecule has 0 spiro atoms. The van der Waals surface area contributed by atoms with Crippen LogP contribution in [0.1, 0.15) is 11.3 Å². The lowest BCUT2D eigenvalue weighted by molar-refractivity contribution is 0.313. The Morgan fingerprint density at radius 3 is 3.15 bits per heavy atom. The highest BCUT2D eigenvalue weighted by Gasteiger charge is 2.24. The van der Waals surface area contributed by atoms with E-state index in [1.54, 1.807) is 6.33 Å². The standard InChI is InChI=1S/C15H16N4O/c1-2-4-14-13(3-1)19(7-8-20-14)15-11-5-6-16-9-12(11)17-10-18-15/h1-4,10,16H,5-9H2. The van der Waals surface area contributed by atoms with Crippen molar-refractivity contribution in [3.63, 3.8) is 0 Å². The monoisotopic (exact) mass is 268 g/mol. The zero-order valence-electron chi connectivity index (χ0n) is 11.2. The quantitative estimate of drug-likeness (QED) is 0.852. The maximum atomic E-state index is 5.72. The highest BCUT2D eigenvalue weighted by Crippen LogP contribution is 2.37. The summed E-state index contributed by atoms with van der Waals surface area (Å²) in [5, 5.41) is 3.36. The van der Waals surface area contributed by atoms with Gasteiger partial charge >= 0.3 is 0 Å². The first-order valence-corrected chi connectivity index (χ1v) is 6.96. The minimum Gasteiger partial charge on any atom is -0.490 e. The van der Waals surface area contributed by atoms with E-state index in [0.29, 0.717) is 6.61 Å². The highest BCUT2D eigenvalue weighted by atomic mass is 16.5. The second-order valence-electron chi connectivity index (χ2n) is 5.02. The minimum atomic E-state index is 0.689. The van der Waals surface area contributed by atoms with Crippen LogP contribution in [0.4, 0.5) is 11.5 Å². The van der Waals surface area contributed by atoms with Crippen molar-refractivity contribution in [1.82, 2.24) is 15.3 Å². The number of ether oxygens (including phenoxy) is 1. The van der Waals surface area contributed by atoms with Crippen LogP contribution in [0, 0.1) is 0 Å². The molecule has 0 amide bonds. The molecule has 5 heteroatoms. The van der Waals surface area contributed by atoms with E-state index in [2.05, 4.69) is 26.3 Å². The molecule has 2 aromatic rings. The first-order valence-electron chi connectivity index (χ1n) is 6.96. The lowest BCUT2D eigenvalue weighted by Gasteiger charge is -2.32. The second-order valence-corrected chi connectivity index (χ2v) is 5.02. The number of aromatic nitrogens is 2. The third-order valence-electron chi connectivity index (χ3n) is 3.84. The maximum absolute atomic E-state index is 5.72. The molecule has 0 aliphatic carbocycles. The molecule has 0 saturated heterocycles. The normalized spacial score (nSPS) is 17.1. The van der Waals surface area contributed by atoms with Gasteiger partial charge in [-0.3, -0.25) is 0 Å². The van der Waals surface area contributed by atoms with Crippen molar-refractivity contribution in [2.45, 2.75) is 13.0 Å². The molecule has 2 aliphatic heterocycles. The van der Waals surface area contributed by atoms with Crippen LogP contribution < -0.4 is 15.0 Å². The number of hydrogen-bond acceptors (Lipinski definition) is 5. The Balaban J connectivity index is 1.83. The average Bonchev–Trinajstić information content (AvgIpc) is 2.54. The zero-order chi connectivity index (χ0) is 13.4. The van der Waals surface area contributed by atoms with Gasteiger partial charge in [0.2, 0.25) is 0 Å². The van der Waals surface area contributed by atoms with E-state index in [4.69, 9.17) is 4.74 Å². The highest BCUT2D eigenvalue weighted by molar-refractivity contribution is 5.70. The lowest BCUT2D eigenvalue weighted by atomic mass is 10.1. The first-order chi connectivity index (χ1) is 9.93. The van der Waals surface area contributed by atoms with Crippen molar-refractivity contribution in [3.8, 4) is 5.75 Å². The molecule has 4 rings (SSSR count). The molecule has 1 aromatic heterocycles. The van der Waals surface area contributed by atoms with E-state index in [1.807, 2.05) is 18.2 Å². The van der Waals surface area contributed by atoms with Crippen molar-refractivity contribution in [2.24, 2.45) is 0 Å². The topological polar surface area (TPSA) is 50.3 Å². The Morgan fingerprint density at radius 2 is 2.15 bits per heavy atom. The Kier molecular flexibility index (Phi) is 2.77. The summed E-state index contributed by atoms with van der Waals surface area (Å²) in [5.41, 5.74) is 3.48. The van der Waals surface area contributed by atoms with Crippen LogP contribution in [-0.4, -0.2) is 29.7 Å². The van der Waals surface area contributed by atoms with Crippen molar-refractivity contribution in [3.05, 3.63) is 41.9 Å². The van der Waals surface area contributed by atoms with E-state index >= 15 is 0 Å². The number of nitrogens with one attached hydrogen (secondary N) is 1.